The number of fused-ring (bicyclic) bond motifs is 1. The maximum atomic E-state index is 13.9. The van der Waals surface area contributed by atoms with Gasteiger partial charge in [-0.25, -0.2) is 9.37 Å². The van der Waals surface area contributed by atoms with E-state index in [0.29, 0.717) is 53.9 Å². The van der Waals surface area contributed by atoms with Crippen LogP contribution in [0.3, 0.4) is 0 Å². The average Bonchev–Trinajstić information content (AvgIpc) is 3.50. The predicted molar refractivity (Wildman–Crippen MR) is 108 cm³/mol. The first-order valence-electron chi connectivity index (χ1n) is 9.75. The minimum Gasteiger partial charge on any atom is -0.497 e. The Morgan fingerprint density at radius 2 is 2.14 bits per heavy atom. The molecule has 1 fully saturated rings. The van der Waals surface area contributed by atoms with Gasteiger partial charge in [0.05, 0.1) is 24.8 Å². The van der Waals surface area contributed by atoms with Crippen LogP contribution in [0.5, 0.6) is 11.5 Å². The van der Waals surface area contributed by atoms with Crippen LogP contribution in [0.25, 0.3) is 11.0 Å². The van der Waals surface area contributed by atoms with Gasteiger partial charge in [-0.1, -0.05) is 6.07 Å². The summed E-state index contributed by atoms with van der Waals surface area (Å²) in [5.41, 5.74) is 1.56. The van der Waals surface area contributed by atoms with Gasteiger partial charge in [0.1, 0.15) is 22.8 Å². The smallest absolute Gasteiger partial charge is 0.255 e. The molecule has 2 aromatic carbocycles. The fourth-order valence-electron chi connectivity index (χ4n) is 3.26. The van der Waals surface area contributed by atoms with E-state index in [9.17, 15) is 9.18 Å². The summed E-state index contributed by atoms with van der Waals surface area (Å²) in [6, 6.07) is 10.1. The Morgan fingerprint density at radius 1 is 1.31 bits per heavy atom. The standard InChI is InChI=1S/C22H24FN3O3/c1-26-18-5-3-4-17(23)21(18)25-20(26)10-11-24-22(27)16-9-8-15(28-2)12-19(16)29-13-14-6-7-14/h3-5,8-9,12,14H,6-7,10-11,13H2,1-2H3,(H,24,27). The molecule has 1 saturated carbocycles. The fraction of sp³-hybridized carbons (Fsp3) is 0.364. The summed E-state index contributed by atoms with van der Waals surface area (Å²) >= 11 is 0. The van der Waals surface area contributed by atoms with Crippen LogP contribution in [0.1, 0.15) is 29.0 Å². The molecule has 29 heavy (non-hydrogen) atoms. The van der Waals surface area contributed by atoms with Crippen LogP contribution in [0, 0.1) is 11.7 Å². The van der Waals surface area contributed by atoms with Gasteiger partial charge in [0, 0.05) is 26.1 Å². The van der Waals surface area contributed by atoms with E-state index in [-0.39, 0.29) is 11.7 Å². The van der Waals surface area contributed by atoms with E-state index in [1.165, 1.54) is 18.9 Å². The summed E-state index contributed by atoms with van der Waals surface area (Å²) in [5.74, 6) is 1.90. The molecule has 1 amide bonds. The number of halogens is 1. The molecular weight excluding hydrogens is 373 g/mol. The topological polar surface area (TPSA) is 65.4 Å². The molecule has 0 saturated heterocycles. The minimum atomic E-state index is -0.343. The second kappa shape index (κ2) is 8.11. The van der Waals surface area contributed by atoms with Crippen LogP contribution >= 0.6 is 0 Å². The number of nitrogens with one attached hydrogen (secondary N) is 1. The zero-order valence-corrected chi connectivity index (χ0v) is 16.6. The Hall–Kier alpha value is -3.09. The summed E-state index contributed by atoms with van der Waals surface area (Å²) < 4.78 is 26.9. The number of hydrogen-bond acceptors (Lipinski definition) is 4. The van der Waals surface area contributed by atoms with Gasteiger partial charge in [0.25, 0.3) is 5.91 Å². The molecular formula is C22H24FN3O3. The van der Waals surface area contributed by atoms with Gasteiger partial charge in [-0.2, -0.15) is 0 Å². The van der Waals surface area contributed by atoms with E-state index < -0.39 is 0 Å². The minimum absolute atomic E-state index is 0.219. The van der Waals surface area contributed by atoms with E-state index in [0.717, 1.165) is 5.52 Å². The summed E-state index contributed by atoms with van der Waals surface area (Å²) in [5, 5.41) is 2.91. The number of nitrogens with zero attached hydrogens (tertiary/aromatic N) is 2. The Bertz CT molecular complexity index is 1040. The van der Waals surface area contributed by atoms with Gasteiger partial charge in [0.2, 0.25) is 0 Å². The predicted octanol–water partition coefficient (Wildman–Crippen LogP) is 3.48. The van der Waals surface area contributed by atoms with Crippen LogP contribution in [0.15, 0.2) is 36.4 Å². The number of para-hydroxylation sites is 1. The first-order valence-corrected chi connectivity index (χ1v) is 9.75. The van der Waals surface area contributed by atoms with Gasteiger partial charge >= 0.3 is 0 Å². The van der Waals surface area contributed by atoms with Crippen molar-refractivity contribution in [3.8, 4) is 11.5 Å². The number of hydrogen-bond donors (Lipinski definition) is 1. The molecule has 7 heteroatoms. The molecule has 3 aromatic rings. The molecule has 0 unspecified atom stereocenters. The molecule has 1 aromatic heterocycles. The van der Waals surface area contributed by atoms with Crippen molar-refractivity contribution < 1.29 is 18.7 Å². The third-order valence-corrected chi connectivity index (χ3v) is 5.19. The van der Waals surface area contributed by atoms with Gasteiger partial charge < -0.3 is 19.4 Å². The third kappa shape index (κ3) is 4.18. The Balaban J connectivity index is 1.43. The lowest BCUT2D eigenvalue weighted by Gasteiger charge is -2.13. The number of rotatable bonds is 8. The Kier molecular flexibility index (Phi) is 5.38. The van der Waals surface area contributed by atoms with Gasteiger partial charge in [0.15, 0.2) is 5.82 Å². The monoisotopic (exact) mass is 397 g/mol. The summed E-state index contributed by atoms with van der Waals surface area (Å²) in [6.07, 6.45) is 2.83. The molecule has 0 aliphatic heterocycles. The summed E-state index contributed by atoms with van der Waals surface area (Å²) in [7, 11) is 3.43. The van der Waals surface area contributed by atoms with E-state index in [2.05, 4.69) is 10.3 Å². The Morgan fingerprint density at radius 3 is 2.86 bits per heavy atom. The van der Waals surface area contributed by atoms with Crippen LogP contribution in [-0.2, 0) is 13.5 Å². The Labute approximate surface area is 168 Å². The number of imidazole rings is 1. The number of ether oxygens (including phenoxy) is 2. The first-order chi connectivity index (χ1) is 14.1. The van der Waals surface area contributed by atoms with Crippen LogP contribution in [0.2, 0.25) is 0 Å². The molecule has 1 N–H and O–H groups in total. The number of aromatic nitrogens is 2. The number of carbonyl (C=O) groups excluding carboxylic acids is 1. The van der Waals surface area contributed by atoms with Crippen molar-refractivity contribution in [2.75, 3.05) is 20.3 Å². The fourth-order valence-corrected chi connectivity index (χ4v) is 3.26. The highest BCUT2D eigenvalue weighted by atomic mass is 19.1. The highest BCUT2D eigenvalue weighted by Crippen LogP contribution is 2.31. The van der Waals surface area contributed by atoms with Crippen molar-refractivity contribution >= 4 is 16.9 Å². The van der Waals surface area contributed by atoms with Gasteiger partial charge in [-0.05, 0) is 43.0 Å². The first kappa shape index (κ1) is 19.2. The molecule has 6 nitrogen and oxygen atoms in total. The maximum absolute atomic E-state index is 13.9. The lowest BCUT2D eigenvalue weighted by molar-refractivity contribution is 0.0949. The molecule has 0 radical (unpaired) electrons. The normalized spacial score (nSPS) is 13.5. The molecule has 152 valence electrons. The molecule has 1 aliphatic carbocycles. The second-order valence-electron chi connectivity index (χ2n) is 7.32. The highest BCUT2D eigenvalue weighted by molar-refractivity contribution is 5.97. The number of aryl methyl sites for hydroxylation is 1. The van der Waals surface area contributed by atoms with Crippen molar-refractivity contribution in [3.05, 3.63) is 53.6 Å². The average molecular weight is 397 g/mol. The van der Waals surface area contributed by atoms with E-state index >= 15 is 0 Å². The van der Waals surface area contributed by atoms with Crippen molar-refractivity contribution in [2.24, 2.45) is 13.0 Å². The summed E-state index contributed by atoms with van der Waals surface area (Å²) in [6.45, 7) is 0.991. The van der Waals surface area contributed by atoms with Crippen LogP contribution in [-0.4, -0.2) is 35.7 Å². The van der Waals surface area contributed by atoms with Gasteiger partial charge in [-0.15, -0.1) is 0 Å². The quantitative estimate of drug-likeness (QED) is 0.632. The van der Waals surface area contributed by atoms with E-state index in [4.69, 9.17) is 9.47 Å². The van der Waals surface area contributed by atoms with Crippen molar-refractivity contribution in [2.45, 2.75) is 19.3 Å². The van der Waals surface area contributed by atoms with Crippen molar-refractivity contribution in [3.63, 3.8) is 0 Å². The number of carbonyl (C=O) groups is 1. The lowest BCUT2D eigenvalue weighted by atomic mass is 10.1. The molecule has 0 spiro atoms. The van der Waals surface area contributed by atoms with Gasteiger partial charge in [-0.3, -0.25) is 4.79 Å². The van der Waals surface area contributed by atoms with Crippen molar-refractivity contribution in [1.29, 1.82) is 0 Å². The maximum Gasteiger partial charge on any atom is 0.255 e. The van der Waals surface area contributed by atoms with E-state index in [1.54, 1.807) is 31.4 Å². The molecule has 0 bridgehead atoms. The van der Waals surface area contributed by atoms with E-state index in [1.807, 2.05) is 17.7 Å². The molecule has 4 rings (SSSR count). The third-order valence-electron chi connectivity index (χ3n) is 5.19. The van der Waals surface area contributed by atoms with Crippen molar-refractivity contribution in [1.82, 2.24) is 14.9 Å². The zero-order valence-electron chi connectivity index (χ0n) is 16.6. The largest absolute Gasteiger partial charge is 0.497 e. The highest BCUT2D eigenvalue weighted by Gasteiger charge is 2.23. The number of methoxy groups -OCH3 is 1. The summed E-state index contributed by atoms with van der Waals surface area (Å²) in [4.78, 5) is 17.1. The SMILES string of the molecule is COc1ccc(C(=O)NCCc2nc3c(F)cccc3n2C)c(OCC2CC2)c1. The number of amides is 1. The lowest BCUT2D eigenvalue weighted by Crippen LogP contribution is -2.27. The van der Waals surface area contributed by atoms with Crippen LogP contribution < -0.4 is 14.8 Å². The molecule has 1 heterocycles. The van der Waals surface area contributed by atoms with Crippen LogP contribution in [0.4, 0.5) is 4.39 Å². The molecule has 1 aliphatic rings. The zero-order chi connectivity index (χ0) is 20.4. The molecule has 0 atom stereocenters. The number of benzene rings is 2. The second-order valence-corrected chi connectivity index (χ2v) is 7.32.